The van der Waals surface area contributed by atoms with E-state index in [9.17, 15) is 4.79 Å². The van der Waals surface area contributed by atoms with Crippen LogP contribution in [0.2, 0.25) is 0 Å². The van der Waals surface area contributed by atoms with Gasteiger partial charge in [-0.1, -0.05) is 0 Å². The summed E-state index contributed by atoms with van der Waals surface area (Å²) in [6, 6.07) is 5.53. The molecular formula is C9H10INO2. The monoisotopic (exact) mass is 291 g/mol. The molecule has 0 saturated carbocycles. The van der Waals surface area contributed by atoms with Crippen molar-refractivity contribution in [3.05, 3.63) is 21.8 Å². The molecule has 0 radical (unpaired) electrons. The van der Waals surface area contributed by atoms with Crippen LogP contribution in [0.15, 0.2) is 18.2 Å². The molecular weight excluding hydrogens is 281 g/mol. The van der Waals surface area contributed by atoms with E-state index < -0.39 is 0 Å². The summed E-state index contributed by atoms with van der Waals surface area (Å²) in [7, 11) is 1.61. The number of amides is 1. The summed E-state index contributed by atoms with van der Waals surface area (Å²) in [6.45, 7) is 1.48. The Kier molecular flexibility index (Phi) is 3.53. The first-order valence-electron chi connectivity index (χ1n) is 3.74. The molecule has 3 nitrogen and oxygen atoms in total. The molecule has 0 heterocycles. The number of ether oxygens (including phenoxy) is 1. The zero-order valence-electron chi connectivity index (χ0n) is 7.43. The Morgan fingerprint density at radius 3 is 2.77 bits per heavy atom. The van der Waals surface area contributed by atoms with Gasteiger partial charge in [0.15, 0.2) is 0 Å². The van der Waals surface area contributed by atoms with Crippen LogP contribution in [0.4, 0.5) is 5.69 Å². The first kappa shape index (κ1) is 10.3. The molecule has 1 amide bonds. The van der Waals surface area contributed by atoms with Gasteiger partial charge >= 0.3 is 0 Å². The minimum atomic E-state index is -0.0803. The number of nitrogens with one attached hydrogen (secondary N) is 1. The zero-order valence-corrected chi connectivity index (χ0v) is 9.58. The van der Waals surface area contributed by atoms with E-state index in [1.807, 2.05) is 12.1 Å². The van der Waals surface area contributed by atoms with E-state index in [2.05, 4.69) is 27.9 Å². The van der Waals surface area contributed by atoms with Crippen LogP contribution >= 0.6 is 22.6 Å². The third kappa shape index (κ3) is 2.87. The van der Waals surface area contributed by atoms with Gasteiger partial charge in [-0.2, -0.15) is 0 Å². The average Bonchev–Trinajstić information content (AvgIpc) is 2.07. The number of anilines is 1. The molecule has 13 heavy (non-hydrogen) atoms. The molecule has 0 unspecified atom stereocenters. The Bertz CT molecular complexity index is 325. The largest absolute Gasteiger partial charge is 0.496 e. The summed E-state index contributed by atoms with van der Waals surface area (Å²) in [5.74, 6) is 0.690. The van der Waals surface area contributed by atoms with Crippen molar-refractivity contribution >= 4 is 34.2 Å². The highest BCUT2D eigenvalue weighted by atomic mass is 127. The highest BCUT2D eigenvalue weighted by Gasteiger charge is 2.01. The second kappa shape index (κ2) is 4.45. The van der Waals surface area contributed by atoms with E-state index in [-0.39, 0.29) is 5.91 Å². The Labute approximate surface area is 90.6 Å². The van der Waals surface area contributed by atoms with Crippen LogP contribution in [0.1, 0.15) is 6.92 Å². The minimum absolute atomic E-state index is 0.0803. The highest BCUT2D eigenvalue weighted by Crippen LogP contribution is 2.24. The van der Waals surface area contributed by atoms with Gasteiger partial charge in [0.25, 0.3) is 0 Å². The first-order valence-corrected chi connectivity index (χ1v) is 4.82. The first-order chi connectivity index (χ1) is 6.13. The number of halogens is 1. The number of methoxy groups -OCH3 is 1. The summed E-state index contributed by atoms with van der Waals surface area (Å²) >= 11 is 2.17. The third-order valence-electron chi connectivity index (χ3n) is 1.47. The second-order valence-corrected chi connectivity index (χ2v) is 3.69. The van der Waals surface area contributed by atoms with Crippen LogP contribution in [0.25, 0.3) is 0 Å². The summed E-state index contributed by atoms with van der Waals surface area (Å²) < 4.78 is 6.13. The van der Waals surface area contributed by atoms with Crippen LogP contribution in [0.3, 0.4) is 0 Å². The van der Waals surface area contributed by atoms with Crippen LogP contribution in [-0.4, -0.2) is 13.0 Å². The molecule has 4 heteroatoms. The van der Waals surface area contributed by atoms with Gasteiger partial charge in [0, 0.05) is 18.7 Å². The molecule has 0 aliphatic carbocycles. The lowest BCUT2D eigenvalue weighted by molar-refractivity contribution is -0.114. The van der Waals surface area contributed by atoms with E-state index in [1.165, 1.54) is 6.92 Å². The van der Waals surface area contributed by atoms with E-state index in [0.717, 1.165) is 15.0 Å². The van der Waals surface area contributed by atoms with Gasteiger partial charge < -0.3 is 10.1 Å². The molecule has 1 aromatic carbocycles. The fraction of sp³-hybridized carbons (Fsp3) is 0.222. The number of hydrogen-bond donors (Lipinski definition) is 1. The number of rotatable bonds is 2. The van der Waals surface area contributed by atoms with Crippen molar-refractivity contribution in [3.63, 3.8) is 0 Å². The maximum atomic E-state index is 10.7. The summed E-state index contributed by atoms with van der Waals surface area (Å²) in [5.41, 5.74) is 0.754. The van der Waals surface area contributed by atoms with Gasteiger partial charge in [0.05, 0.1) is 10.7 Å². The normalized spacial score (nSPS) is 9.46. The Morgan fingerprint density at radius 2 is 2.23 bits per heavy atom. The fourth-order valence-electron chi connectivity index (χ4n) is 0.941. The fourth-order valence-corrected chi connectivity index (χ4v) is 1.50. The Morgan fingerprint density at radius 1 is 1.54 bits per heavy atom. The van der Waals surface area contributed by atoms with Crippen molar-refractivity contribution in [2.45, 2.75) is 6.92 Å². The molecule has 0 aromatic heterocycles. The minimum Gasteiger partial charge on any atom is -0.496 e. The van der Waals surface area contributed by atoms with E-state index in [0.29, 0.717) is 0 Å². The third-order valence-corrected chi connectivity index (χ3v) is 2.36. The number of carbonyl (C=O) groups excluding carboxylic acids is 1. The van der Waals surface area contributed by atoms with Gasteiger partial charge in [0.2, 0.25) is 5.91 Å². The molecule has 0 spiro atoms. The van der Waals surface area contributed by atoms with Crippen molar-refractivity contribution in [1.29, 1.82) is 0 Å². The highest BCUT2D eigenvalue weighted by molar-refractivity contribution is 14.1. The predicted octanol–water partition coefficient (Wildman–Crippen LogP) is 2.26. The van der Waals surface area contributed by atoms with E-state index in [4.69, 9.17) is 4.74 Å². The predicted molar refractivity (Wildman–Crippen MR) is 60.0 cm³/mol. The van der Waals surface area contributed by atoms with Gasteiger partial charge in [-0.05, 0) is 34.7 Å². The van der Waals surface area contributed by atoms with Gasteiger partial charge in [0.1, 0.15) is 5.75 Å². The van der Waals surface area contributed by atoms with Gasteiger partial charge in [-0.15, -0.1) is 0 Å². The second-order valence-electron chi connectivity index (χ2n) is 2.53. The number of carbonyl (C=O) groups is 1. The molecule has 1 aromatic rings. The SMILES string of the molecule is COc1cc(NC(C)=O)ccc1I. The van der Waals surface area contributed by atoms with Crippen molar-refractivity contribution in [1.82, 2.24) is 0 Å². The van der Waals surface area contributed by atoms with Crippen LogP contribution in [-0.2, 0) is 4.79 Å². The molecule has 1 N–H and O–H groups in total. The molecule has 0 fully saturated rings. The molecule has 1 rings (SSSR count). The maximum Gasteiger partial charge on any atom is 0.221 e. The van der Waals surface area contributed by atoms with Crippen molar-refractivity contribution in [2.24, 2.45) is 0 Å². The van der Waals surface area contributed by atoms with E-state index in [1.54, 1.807) is 13.2 Å². The van der Waals surface area contributed by atoms with Crippen molar-refractivity contribution < 1.29 is 9.53 Å². The van der Waals surface area contributed by atoms with Gasteiger partial charge in [-0.3, -0.25) is 4.79 Å². The quantitative estimate of drug-likeness (QED) is 0.849. The number of hydrogen-bond acceptors (Lipinski definition) is 2. The smallest absolute Gasteiger partial charge is 0.221 e. The average molecular weight is 291 g/mol. The molecule has 0 aliphatic rings. The summed E-state index contributed by atoms with van der Waals surface area (Å²) in [4.78, 5) is 10.7. The lowest BCUT2D eigenvalue weighted by Crippen LogP contribution is -2.05. The van der Waals surface area contributed by atoms with Crippen LogP contribution in [0.5, 0.6) is 5.75 Å². The molecule has 0 saturated heterocycles. The standard InChI is InChI=1S/C9H10INO2/c1-6(12)11-7-3-4-8(10)9(5-7)13-2/h3-5H,1-2H3,(H,11,12). The van der Waals surface area contributed by atoms with Crippen LogP contribution < -0.4 is 10.1 Å². The van der Waals surface area contributed by atoms with Gasteiger partial charge in [-0.25, -0.2) is 0 Å². The van der Waals surface area contributed by atoms with Crippen molar-refractivity contribution in [3.8, 4) is 5.75 Å². The lowest BCUT2D eigenvalue weighted by atomic mass is 10.3. The van der Waals surface area contributed by atoms with Crippen molar-refractivity contribution in [2.75, 3.05) is 12.4 Å². The topological polar surface area (TPSA) is 38.3 Å². The Balaban J connectivity index is 2.92. The maximum absolute atomic E-state index is 10.7. The summed E-state index contributed by atoms with van der Waals surface area (Å²) in [6.07, 6.45) is 0. The Hall–Kier alpha value is -0.780. The zero-order chi connectivity index (χ0) is 9.84. The molecule has 0 aliphatic heterocycles. The molecule has 0 atom stereocenters. The lowest BCUT2D eigenvalue weighted by Gasteiger charge is -2.06. The number of benzene rings is 1. The molecule has 70 valence electrons. The molecule has 0 bridgehead atoms. The summed E-state index contributed by atoms with van der Waals surface area (Å²) in [5, 5.41) is 2.68. The van der Waals surface area contributed by atoms with E-state index >= 15 is 0 Å². The van der Waals surface area contributed by atoms with Crippen LogP contribution in [0, 0.1) is 3.57 Å².